The molecule has 1 aromatic heterocycles. The number of carbonyl (C=O) groups excluding carboxylic acids is 1. The minimum Gasteiger partial charge on any atom is -0.307 e. The molecule has 0 saturated carbocycles. The number of benzene rings is 1. The minimum absolute atomic E-state index is 0.116. The number of nitrogens with zero attached hydrogens (tertiary/aromatic N) is 1. The van der Waals surface area contributed by atoms with Crippen molar-refractivity contribution in [3.8, 4) is 0 Å². The molecule has 1 amide bonds. The second-order valence-corrected chi connectivity index (χ2v) is 4.20. The quantitative estimate of drug-likeness (QED) is 0.831. The summed E-state index contributed by atoms with van der Waals surface area (Å²) in [6.45, 7) is 5.83. The van der Waals surface area contributed by atoms with Crippen LogP contribution in [0.3, 0.4) is 0 Å². The highest BCUT2D eigenvalue weighted by Gasteiger charge is 2.11. The second-order valence-electron chi connectivity index (χ2n) is 4.20. The number of hydrogen-bond acceptors (Lipinski definition) is 2. The number of aromatic nitrogens is 2. The molecule has 0 radical (unpaired) electrons. The van der Waals surface area contributed by atoms with Gasteiger partial charge in [0.15, 0.2) is 0 Å². The zero-order valence-electron chi connectivity index (χ0n) is 10.2. The monoisotopic (exact) mass is 229 g/mol. The fourth-order valence-electron chi connectivity index (χ4n) is 1.72. The highest BCUT2D eigenvalue weighted by atomic mass is 16.1. The lowest BCUT2D eigenvalue weighted by Gasteiger charge is -2.07. The van der Waals surface area contributed by atoms with Gasteiger partial charge >= 0.3 is 0 Å². The van der Waals surface area contributed by atoms with E-state index < -0.39 is 0 Å². The molecule has 1 aromatic carbocycles. The van der Waals surface area contributed by atoms with E-state index in [1.165, 1.54) is 0 Å². The fourth-order valence-corrected chi connectivity index (χ4v) is 1.72. The van der Waals surface area contributed by atoms with Gasteiger partial charge in [-0.3, -0.25) is 9.89 Å². The molecule has 2 aromatic rings. The molecular formula is C13H15N3O. The van der Waals surface area contributed by atoms with Crippen LogP contribution in [0.2, 0.25) is 0 Å². The third-order valence-corrected chi connectivity index (χ3v) is 2.69. The first-order chi connectivity index (χ1) is 8.08. The Bertz CT molecular complexity index is 558. The summed E-state index contributed by atoms with van der Waals surface area (Å²) in [5, 5.41) is 9.43. The zero-order chi connectivity index (χ0) is 12.4. The highest BCUT2D eigenvalue weighted by Crippen LogP contribution is 2.14. The number of aromatic amines is 1. The molecule has 0 spiro atoms. The topological polar surface area (TPSA) is 57.8 Å². The smallest absolute Gasteiger partial charge is 0.257 e. The SMILES string of the molecule is Cc1ccc(C(=O)Nc2[nH]ncc2C)c(C)c1. The Kier molecular flexibility index (Phi) is 2.95. The van der Waals surface area contributed by atoms with Crippen LogP contribution < -0.4 is 5.32 Å². The molecule has 0 fully saturated rings. The summed E-state index contributed by atoms with van der Waals surface area (Å²) in [4.78, 5) is 12.0. The van der Waals surface area contributed by atoms with E-state index >= 15 is 0 Å². The molecule has 17 heavy (non-hydrogen) atoms. The molecule has 88 valence electrons. The number of rotatable bonds is 2. The van der Waals surface area contributed by atoms with E-state index in [1.54, 1.807) is 6.20 Å². The Morgan fingerprint density at radius 1 is 1.24 bits per heavy atom. The molecule has 0 aliphatic carbocycles. The van der Waals surface area contributed by atoms with Gasteiger partial charge in [0.05, 0.1) is 6.20 Å². The van der Waals surface area contributed by atoms with Crippen molar-refractivity contribution < 1.29 is 4.79 Å². The fraction of sp³-hybridized carbons (Fsp3) is 0.231. The van der Waals surface area contributed by atoms with Gasteiger partial charge in [-0.15, -0.1) is 0 Å². The lowest BCUT2D eigenvalue weighted by atomic mass is 10.1. The second kappa shape index (κ2) is 4.41. The normalized spacial score (nSPS) is 10.3. The van der Waals surface area contributed by atoms with E-state index in [9.17, 15) is 4.79 Å². The first-order valence-electron chi connectivity index (χ1n) is 5.46. The van der Waals surface area contributed by atoms with Crippen LogP contribution in [0.1, 0.15) is 27.0 Å². The molecule has 4 heteroatoms. The molecule has 0 unspecified atom stereocenters. The number of nitrogens with one attached hydrogen (secondary N) is 2. The van der Waals surface area contributed by atoms with Crippen LogP contribution in [0.25, 0.3) is 0 Å². The van der Waals surface area contributed by atoms with Gasteiger partial charge in [0, 0.05) is 11.1 Å². The van der Waals surface area contributed by atoms with Gasteiger partial charge in [0.25, 0.3) is 5.91 Å². The molecule has 0 aliphatic rings. The zero-order valence-corrected chi connectivity index (χ0v) is 10.2. The molecule has 2 N–H and O–H groups in total. The first-order valence-corrected chi connectivity index (χ1v) is 5.46. The molecule has 0 bridgehead atoms. The van der Waals surface area contributed by atoms with Crippen molar-refractivity contribution in [3.63, 3.8) is 0 Å². The third-order valence-electron chi connectivity index (χ3n) is 2.69. The maximum absolute atomic E-state index is 12.0. The van der Waals surface area contributed by atoms with Crippen molar-refractivity contribution in [3.05, 3.63) is 46.6 Å². The van der Waals surface area contributed by atoms with Gasteiger partial charge in [0.2, 0.25) is 0 Å². The number of hydrogen-bond donors (Lipinski definition) is 2. The average Bonchev–Trinajstić information content (AvgIpc) is 2.64. The lowest BCUT2D eigenvalue weighted by molar-refractivity contribution is 0.102. The van der Waals surface area contributed by atoms with Gasteiger partial charge in [-0.05, 0) is 32.4 Å². The number of amides is 1. The average molecular weight is 229 g/mol. The van der Waals surface area contributed by atoms with Crippen LogP contribution in [0.5, 0.6) is 0 Å². The van der Waals surface area contributed by atoms with Crippen LogP contribution in [-0.4, -0.2) is 16.1 Å². The summed E-state index contributed by atoms with van der Waals surface area (Å²) in [6.07, 6.45) is 1.68. The number of H-pyrrole nitrogens is 1. The van der Waals surface area contributed by atoms with Gasteiger partial charge in [-0.2, -0.15) is 5.10 Å². The largest absolute Gasteiger partial charge is 0.307 e. The summed E-state index contributed by atoms with van der Waals surface area (Å²) >= 11 is 0. The standard InChI is InChI=1S/C13H15N3O/c1-8-4-5-11(9(2)6-8)13(17)15-12-10(3)7-14-16-12/h4-7H,1-3H3,(H2,14,15,16,17). The Hall–Kier alpha value is -2.10. The first kappa shape index (κ1) is 11.4. The molecule has 0 aliphatic heterocycles. The van der Waals surface area contributed by atoms with Crippen LogP contribution in [0, 0.1) is 20.8 Å². The van der Waals surface area contributed by atoms with Gasteiger partial charge in [-0.1, -0.05) is 17.7 Å². The highest BCUT2D eigenvalue weighted by molar-refractivity contribution is 6.05. The summed E-state index contributed by atoms with van der Waals surface area (Å²) in [7, 11) is 0. The van der Waals surface area contributed by atoms with Gasteiger partial charge in [0.1, 0.15) is 5.82 Å². The molecular weight excluding hydrogens is 214 g/mol. The van der Waals surface area contributed by atoms with Gasteiger partial charge < -0.3 is 5.32 Å². The van der Waals surface area contributed by atoms with E-state index in [2.05, 4.69) is 15.5 Å². The summed E-state index contributed by atoms with van der Waals surface area (Å²) < 4.78 is 0. The number of carbonyl (C=O) groups is 1. The van der Waals surface area contributed by atoms with Crippen molar-refractivity contribution >= 4 is 11.7 Å². The molecule has 4 nitrogen and oxygen atoms in total. The third kappa shape index (κ3) is 2.36. The maximum atomic E-state index is 12.0. The van der Waals surface area contributed by atoms with E-state index in [-0.39, 0.29) is 5.91 Å². The summed E-state index contributed by atoms with van der Waals surface area (Å²) in [5.74, 6) is 0.532. The van der Waals surface area contributed by atoms with E-state index in [4.69, 9.17) is 0 Å². The van der Waals surface area contributed by atoms with Gasteiger partial charge in [-0.25, -0.2) is 0 Å². The van der Waals surface area contributed by atoms with Crippen LogP contribution in [0.15, 0.2) is 24.4 Å². The van der Waals surface area contributed by atoms with Crippen molar-refractivity contribution in [1.82, 2.24) is 10.2 Å². The predicted molar refractivity (Wildman–Crippen MR) is 67.2 cm³/mol. The van der Waals surface area contributed by atoms with Crippen molar-refractivity contribution in [1.29, 1.82) is 0 Å². The Labute approximate surface area is 100 Å². The van der Waals surface area contributed by atoms with E-state index in [1.807, 2.05) is 39.0 Å². The Morgan fingerprint density at radius 2 is 2.00 bits per heavy atom. The minimum atomic E-state index is -0.116. The summed E-state index contributed by atoms with van der Waals surface area (Å²) in [5.41, 5.74) is 3.73. The van der Waals surface area contributed by atoms with Crippen molar-refractivity contribution in [2.24, 2.45) is 0 Å². The molecule has 2 rings (SSSR count). The maximum Gasteiger partial charge on any atom is 0.257 e. The molecule has 1 heterocycles. The van der Waals surface area contributed by atoms with Crippen molar-refractivity contribution in [2.75, 3.05) is 5.32 Å². The summed E-state index contributed by atoms with van der Waals surface area (Å²) in [6, 6.07) is 5.77. The van der Waals surface area contributed by atoms with Crippen LogP contribution in [0.4, 0.5) is 5.82 Å². The number of aryl methyl sites for hydroxylation is 3. The van der Waals surface area contributed by atoms with Crippen LogP contribution in [-0.2, 0) is 0 Å². The van der Waals surface area contributed by atoms with E-state index in [0.29, 0.717) is 11.4 Å². The Morgan fingerprint density at radius 3 is 2.59 bits per heavy atom. The number of anilines is 1. The van der Waals surface area contributed by atoms with Crippen LogP contribution >= 0.6 is 0 Å². The van der Waals surface area contributed by atoms with Crippen molar-refractivity contribution in [2.45, 2.75) is 20.8 Å². The Balaban J connectivity index is 2.23. The lowest BCUT2D eigenvalue weighted by Crippen LogP contribution is -2.14. The molecule has 0 atom stereocenters. The molecule has 0 saturated heterocycles. The van der Waals surface area contributed by atoms with E-state index in [0.717, 1.165) is 16.7 Å². The predicted octanol–water partition coefficient (Wildman–Crippen LogP) is 2.59.